The maximum absolute atomic E-state index is 13.3. The summed E-state index contributed by atoms with van der Waals surface area (Å²) in [5.74, 6) is -1.27. The zero-order valence-electron chi connectivity index (χ0n) is 18.4. The molecule has 0 unspecified atom stereocenters. The van der Waals surface area contributed by atoms with Crippen molar-refractivity contribution in [3.05, 3.63) is 68.5 Å². The van der Waals surface area contributed by atoms with Crippen LogP contribution >= 0.6 is 15.9 Å². The largest absolute Gasteiger partial charge is 0.506 e. The summed E-state index contributed by atoms with van der Waals surface area (Å²) in [4.78, 5) is 32.8. The Morgan fingerprint density at radius 1 is 1.16 bits per heavy atom. The second kappa shape index (κ2) is 11.2. The highest BCUT2D eigenvalue weighted by atomic mass is 79.9. The fourth-order valence-corrected chi connectivity index (χ4v) is 4.02. The molecule has 2 heterocycles. The Bertz CT molecular complexity index is 1130. The van der Waals surface area contributed by atoms with Gasteiger partial charge in [-0.15, -0.1) is 0 Å². The van der Waals surface area contributed by atoms with Gasteiger partial charge in [0, 0.05) is 23.8 Å². The molecular formula is C24H28BrN3O4. The maximum Gasteiger partial charge on any atom is 0.347 e. The van der Waals surface area contributed by atoms with E-state index in [2.05, 4.69) is 39.7 Å². The van der Waals surface area contributed by atoms with Crippen LogP contribution in [0.25, 0.3) is 11.0 Å². The highest BCUT2D eigenvalue weighted by molar-refractivity contribution is 9.10. The highest BCUT2D eigenvalue weighted by Crippen LogP contribution is 2.28. The Morgan fingerprint density at radius 2 is 1.84 bits per heavy atom. The molecular weight excluding hydrogens is 474 g/mol. The third-order valence-corrected chi connectivity index (χ3v) is 5.61. The normalized spacial score (nSPS) is 11.2. The van der Waals surface area contributed by atoms with Crippen LogP contribution < -0.4 is 5.56 Å². The summed E-state index contributed by atoms with van der Waals surface area (Å²) in [5, 5.41) is 11.1. The van der Waals surface area contributed by atoms with Crippen LogP contribution in [0.1, 0.15) is 42.6 Å². The number of aromatic hydroxyl groups is 1. The molecule has 2 aromatic heterocycles. The molecule has 3 aromatic rings. The second-order valence-corrected chi connectivity index (χ2v) is 8.52. The molecule has 0 aliphatic carbocycles. The first kappa shape index (κ1) is 23.9. The zero-order valence-corrected chi connectivity index (χ0v) is 20.0. The lowest BCUT2D eigenvalue weighted by molar-refractivity contribution is 0.0466. The van der Waals surface area contributed by atoms with Gasteiger partial charge < -0.3 is 14.7 Å². The standard InChI is InChI=1S/C24H28BrN3O4/c1-3-10-27(11-4-2)12-13-28-22-19(14-18(25)15-26-22)21(29)20(23(28)30)24(31)32-16-17-8-6-5-7-9-17/h5-9,14-15,29H,3-4,10-13,16H2,1-2H3. The topological polar surface area (TPSA) is 84.7 Å². The van der Waals surface area contributed by atoms with Crippen molar-refractivity contribution in [3.63, 3.8) is 0 Å². The van der Waals surface area contributed by atoms with E-state index >= 15 is 0 Å². The summed E-state index contributed by atoms with van der Waals surface area (Å²) in [6.07, 6.45) is 3.59. The van der Waals surface area contributed by atoms with E-state index in [1.807, 2.05) is 30.3 Å². The number of carbonyl (C=O) groups is 1. The van der Waals surface area contributed by atoms with Crippen LogP contribution in [0.2, 0.25) is 0 Å². The molecule has 0 amide bonds. The van der Waals surface area contributed by atoms with Crippen molar-refractivity contribution in [3.8, 4) is 5.75 Å². The third-order valence-electron chi connectivity index (χ3n) is 5.18. The molecule has 3 rings (SSSR count). The predicted molar refractivity (Wildman–Crippen MR) is 128 cm³/mol. The van der Waals surface area contributed by atoms with Gasteiger partial charge in [-0.2, -0.15) is 0 Å². The molecule has 1 N–H and O–H groups in total. The molecule has 0 spiro atoms. The van der Waals surface area contributed by atoms with Gasteiger partial charge in [-0.05, 0) is 53.5 Å². The van der Waals surface area contributed by atoms with Gasteiger partial charge in [0.05, 0.1) is 5.39 Å². The quantitative estimate of drug-likeness (QED) is 0.415. The number of benzene rings is 1. The monoisotopic (exact) mass is 501 g/mol. The van der Waals surface area contributed by atoms with Gasteiger partial charge in [0.15, 0.2) is 5.56 Å². The van der Waals surface area contributed by atoms with Gasteiger partial charge >= 0.3 is 5.97 Å². The number of fused-ring (bicyclic) bond motifs is 1. The molecule has 1 aromatic carbocycles. The number of hydrogen-bond acceptors (Lipinski definition) is 6. The van der Waals surface area contributed by atoms with Crippen molar-refractivity contribution < 1.29 is 14.6 Å². The number of halogens is 1. The van der Waals surface area contributed by atoms with E-state index in [1.165, 1.54) is 4.57 Å². The van der Waals surface area contributed by atoms with Crippen LogP contribution in [0, 0.1) is 0 Å². The van der Waals surface area contributed by atoms with E-state index in [0.29, 0.717) is 28.6 Å². The minimum Gasteiger partial charge on any atom is -0.506 e. The minimum absolute atomic E-state index is 0.00804. The molecule has 0 radical (unpaired) electrons. The molecule has 0 aliphatic heterocycles. The lowest BCUT2D eigenvalue weighted by Crippen LogP contribution is -2.34. The number of nitrogens with zero attached hydrogens (tertiary/aromatic N) is 3. The molecule has 0 saturated heterocycles. The number of hydrogen-bond donors (Lipinski definition) is 1. The van der Waals surface area contributed by atoms with E-state index in [9.17, 15) is 14.7 Å². The number of esters is 1. The highest BCUT2D eigenvalue weighted by Gasteiger charge is 2.24. The lowest BCUT2D eigenvalue weighted by atomic mass is 10.1. The predicted octanol–water partition coefficient (Wildman–Crippen LogP) is 4.34. The summed E-state index contributed by atoms with van der Waals surface area (Å²) in [6, 6.07) is 10.8. The van der Waals surface area contributed by atoms with Crippen molar-refractivity contribution in [2.75, 3.05) is 19.6 Å². The first-order valence-electron chi connectivity index (χ1n) is 10.8. The summed E-state index contributed by atoms with van der Waals surface area (Å²) < 4.78 is 7.45. The van der Waals surface area contributed by atoms with E-state index in [0.717, 1.165) is 31.5 Å². The van der Waals surface area contributed by atoms with E-state index < -0.39 is 17.3 Å². The first-order chi connectivity index (χ1) is 15.5. The van der Waals surface area contributed by atoms with Gasteiger partial charge in [-0.25, -0.2) is 9.78 Å². The van der Waals surface area contributed by atoms with E-state index in [1.54, 1.807) is 12.3 Å². The minimum atomic E-state index is -0.856. The molecule has 32 heavy (non-hydrogen) atoms. The molecule has 0 saturated carbocycles. The number of pyridine rings is 2. The van der Waals surface area contributed by atoms with Crippen molar-refractivity contribution in [2.24, 2.45) is 0 Å². The van der Waals surface area contributed by atoms with Gasteiger partial charge in [0.2, 0.25) is 0 Å². The van der Waals surface area contributed by atoms with Gasteiger partial charge in [0.25, 0.3) is 5.56 Å². The van der Waals surface area contributed by atoms with Crippen LogP contribution in [-0.2, 0) is 17.9 Å². The van der Waals surface area contributed by atoms with Crippen molar-refractivity contribution in [2.45, 2.75) is 39.8 Å². The summed E-state index contributed by atoms with van der Waals surface area (Å²) in [7, 11) is 0. The summed E-state index contributed by atoms with van der Waals surface area (Å²) >= 11 is 3.35. The maximum atomic E-state index is 13.3. The van der Waals surface area contributed by atoms with Gasteiger partial charge in [-0.3, -0.25) is 9.36 Å². The molecule has 0 aliphatic rings. The van der Waals surface area contributed by atoms with Gasteiger partial charge in [0.1, 0.15) is 18.0 Å². The second-order valence-electron chi connectivity index (χ2n) is 7.61. The number of ether oxygens (including phenoxy) is 1. The van der Waals surface area contributed by atoms with Crippen LogP contribution in [0.15, 0.2) is 51.9 Å². The van der Waals surface area contributed by atoms with Crippen LogP contribution in [-0.4, -0.2) is 45.2 Å². The summed E-state index contributed by atoms with van der Waals surface area (Å²) in [6.45, 7) is 7.07. The van der Waals surface area contributed by atoms with E-state index in [-0.39, 0.29) is 12.2 Å². The summed E-state index contributed by atoms with van der Waals surface area (Å²) in [5.41, 5.74) is 0.158. The molecule has 0 fully saturated rings. The molecule has 7 nitrogen and oxygen atoms in total. The van der Waals surface area contributed by atoms with Crippen molar-refractivity contribution in [1.82, 2.24) is 14.5 Å². The lowest BCUT2D eigenvalue weighted by Gasteiger charge is -2.22. The Hall–Kier alpha value is -2.71. The van der Waals surface area contributed by atoms with Crippen LogP contribution in [0.3, 0.4) is 0 Å². The van der Waals surface area contributed by atoms with Crippen LogP contribution in [0.4, 0.5) is 0 Å². The fraction of sp³-hybridized carbons (Fsp3) is 0.375. The van der Waals surface area contributed by atoms with Gasteiger partial charge in [-0.1, -0.05) is 44.2 Å². The molecule has 0 bridgehead atoms. The fourth-order valence-electron chi connectivity index (χ4n) is 3.68. The van der Waals surface area contributed by atoms with Crippen molar-refractivity contribution >= 4 is 32.9 Å². The SMILES string of the molecule is CCCN(CCC)CCn1c(=O)c(C(=O)OCc2ccccc2)c(O)c2cc(Br)cnc21. The Labute approximate surface area is 195 Å². The average Bonchev–Trinajstić information content (AvgIpc) is 2.79. The first-order valence-corrected chi connectivity index (χ1v) is 11.6. The Balaban J connectivity index is 1.98. The number of aromatic nitrogens is 2. The number of carbonyl (C=O) groups excluding carboxylic acids is 1. The average molecular weight is 502 g/mol. The van der Waals surface area contributed by atoms with Crippen LogP contribution in [0.5, 0.6) is 5.75 Å². The third kappa shape index (κ3) is 5.55. The Kier molecular flexibility index (Phi) is 8.41. The Morgan fingerprint density at radius 3 is 2.50 bits per heavy atom. The molecule has 170 valence electrons. The zero-order chi connectivity index (χ0) is 23.1. The number of rotatable bonds is 10. The van der Waals surface area contributed by atoms with E-state index in [4.69, 9.17) is 4.74 Å². The van der Waals surface area contributed by atoms with Crippen molar-refractivity contribution in [1.29, 1.82) is 0 Å². The molecule has 8 heteroatoms. The molecule has 0 atom stereocenters. The smallest absolute Gasteiger partial charge is 0.347 e.